The minimum absolute atomic E-state index is 0.0116. The molecule has 0 aliphatic carbocycles. The van der Waals surface area contributed by atoms with Gasteiger partial charge in [0.1, 0.15) is 0 Å². The van der Waals surface area contributed by atoms with E-state index in [0.717, 1.165) is 0 Å². The predicted molar refractivity (Wildman–Crippen MR) is 40.2 cm³/mol. The third-order valence-electron chi connectivity index (χ3n) is 1.45. The van der Waals surface area contributed by atoms with Crippen molar-refractivity contribution >= 4 is 5.97 Å². The Morgan fingerprint density at radius 2 is 2.00 bits per heavy atom. The van der Waals surface area contributed by atoms with Crippen LogP contribution in [-0.2, 0) is 10.6 Å². The van der Waals surface area contributed by atoms with Gasteiger partial charge in [-0.2, -0.15) is 0 Å². The lowest BCUT2D eigenvalue weighted by Gasteiger charge is -2.15. The van der Waals surface area contributed by atoms with Gasteiger partial charge >= 0.3 is 5.97 Å². The van der Waals surface area contributed by atoms with Crippen molar-refractivity contribution in [2.24, 2.45) is 0 Å². The second kappa shape index (κ2) is 2.92. The number of aliphatic hydroxyl groups is 2. The summed E-state index contributed by atoms with van der Waals surface area (Å²) in [6.07, 6.45) is 0. The zero-order valence-corrected chi connectivity index (χ0v) is 6.10. The summed E-state index contributed by atoms with van der Waals surface area (Å²) < 4.78 is 6.49. The highest BCUT2D eigenvalue weighted by Gasteiger charge is 2.34. The number of hydrogen-bond acceptors (Lipinski definition) is 3. The van der Waals surface area contributed by atoms with E-state index < -0.39 is 11.8 Å². The van der Waals surface area contributed by atoms with Gasteiger partial charge in [0.15, 0.2) is 0 Å². The minimum Gasteiger partial charge on any atom is -0.477 e. The van der Waals surface area contributed by atoms with Crippen LogP contribution in [0.25, 0.3) is 0 Å². The van der Waals surface area contributed by atoms with Crippen LogP contribution in [0.1, 0.15) is 5.56 Å². The van der Waals surface area contributed by atoms with E-state index in [9.17, 15) is 9.90 Å². The molecule has 3 N–H and O–H groups in total. The molecule has 0 bridgehead atoms. The molecule has 4 nitrogen and oxygen atoms in total. The molecule has 0 amide bonds. The average molecular weight is 169 g/mol. The first-order valence-corrected chi connectivity index (χ1v) is 3.27. The van der Waals surface area contributed by atoms with Crippen molar-refractivity contribution in [1.29, 1.82) is 1.43 Å². The highest BCUT2D eigenvalue weighted by molar-refractivity contribution is 5.76. The first-order chi connectivity index (χ1) is 6.11. The van der Waals surface area contributed by atoms with Gasteiger partial charge in [-0.3, -0.25) is 0 Å². The molecule has 0 aliphatic rings. The first kappa shape index (κ1) is 7.27. The second-order valence-electron chi connectivity index (χ2n) is 2.32. The number of aliphatic carboxylic acids is 1. The van der Waals surface area contributed by atoms with Gasteiger partial charge in [-0.1, -0.05) is 30.3 Å². The highest BCUT2D eigenvalue weighted by Crippen LogP contribution is 2.16. The predicted octanol–water partition coefficient (Wildman–Crippen LogP) is -0.0914. The van der Waals surface area contributed by atoms with Crippen LogP contribution >= 0.6 is 0 Å². The number of carboxylic acid groups (broad SMARTS) is 1. The van der Waals surface area contributed by atoms with Crippen LogP contribution in [0.2, 0.25) is 0 Å². The molecule has 0 unspecified atom stereocenters. The van der Waals surface area contributed by atoms with Gasteiger partial charge in [0.2, 0.25) is 1.43 Å². The molecule has 0 aromatic heterocycles. The van der Waals surface area contributed by atoms with Gasteiger partial charge in [-0.05, 0) is 0 Å². The van der Waals surface area contributed by atoms with E-state index >= 15 is 0 Å². The topological polar surface area (TPSA) is 77.8 Å². The molecule has 1 atom stereocenters. The van der Waals surface area contributed by atoms with Gasteiger partial charge in [0.25, 0.3) is 5.79 Å². The molecule has 0 radical (unpaired) electrons. The lowest BCUT2D eigenvalue weighted by atomic mass is 10.1. The maximum absolute atomic E-state index is 10.6. The maximum Gasteiger partial charge on any atom is 0.369 e. The summed E-state index contributed by atoms with van der Waals surface area (Å²) in [7, 11) is 0. The third kappa shape index (κ3) is 1.44. The number of rotatable bonds is 3. The van der Waals surface area contributed by atoms with Crippen molar-refractivity contribution < 1.29 is 20.1 Å². The molecule has 0 spiro atoms. The SMILES string of the molecule is [2H]O[C@@](O)(C(=O)O)c1ccccc1. The molecule has 0 fully saturated rings. The molecule has 0 saturated heterocycles. The number of benzene rings is 1. The Hall–Kier alpha value is -1.39. The van der Waals surface area contributed by atoms with Crippen LogP contribution in [0.4, 0.5) is 0 Å². The van der Waals surface area contributed by atoms with Crippen LogP contribution in [0, 0.1) is 0 Å². The molecule has 4 heteroatoms. The molecule has 12 heavy (non-hydrogen) atoms. The van der Waals surface area contributed by atoms with E-state index in [1.54, 1.807) is 18.2 Å². The summed E-state index contributed by atoms with van der Waals surface area (Å²) in [6, 6.07) is 7.48. The summed E-state index contributed by atoms with van der Waals surface area (Å²) in [5.41, 5.74) is 0.0116. The van der Waals surface area contributed by atoms with E-state index in [0.29, 0.717) is 0 Å². The summed E-state index contributed by atoms with van der Waals surface area (Å²) in [6.45, 7) is 0. The normalized spacial score (nSPS) is 16.2. The molecule has 0 saturated carbocycles. The standard InChI is InChI=1S/C8H8O4/c9-7(10)8(11,12)6-4-2-1-3-5-6/h1-5,11-12H,(H,9,10)/i11D/t8-/m0/s1. The van der Waals surface area contributed by atoms with Crippen molar-refractivity contribution in [1.82, 2.24) is 0 Å². The smallest absolute Gasteiger partial charge is 0.369 e. The lowest BCUT2D eigenvalue weighted by molar-refractivity contribution is -0.208. The third-order valence-corrected chi connectivity index (χ3v) is 1.45. The molecule has 64 valence electrons. The summed E-state index contributed by atoms with van der Waals surface area (Å²) in [5, 5.41) is 21.7. The Labute approximate surface area is 70.2 Å². The van der Waals surface area contributed by atoms with Crippen molar-refractivity contribution in [3.63, 3.8) is 0 Å². The Morgan fingerprint density at radius 1 is 1.42 bits per heavy atom. The van der Waals surface area contributed by atoms with Crippen molar-refractivity contribution in [2.75, 3.05) is 0 Å². The summed E-state index contributed by atoms with van der Waals surface area (Å²) >= 11 is 0. The van der Waals surface area contributed by atoms with Crippen LogP contribution in [0.5, 0.6) is 0 Å². The minimum atomic E-state index is -2.58. The van der Waals surface area contributed by atoms with E-state index in [4.69, 9.17) is 6.54 Å². The van der Waals surface area contributed by atoms with Crippen LogP contribution in [0.3, 0.4) is 0 Å². The van der Waals surface area contributed by atoms with Gasteiger partial charge in [-0.15, -0.1) is 0 Å². The quantitative estimate of drug-likeness (QED) is 0.552. The maximum atomic E-state index is 10.6. The Balaban J connectivity index is 3.11. The largest absolute Gasteiger partial charge is 0.477 e. The summed E-state index contributed by atoms with van der Waals surface area (Å²) in [4.78, 5) is 10.6. The Bertz CT molecular complexity index is 300. The Kier molecular flexibility index (Phi) is 1.77. The zero-order valence-electron chi connectivity index (χ0n) is 7.10. The average Bonchev–Trinajstić information content (AvgIpc) is 2.17. The Morgan fingerprint density at radius 3 is 2.42 bits per heavy atom. The van der Waals surface area contributed by atoms with E-state index in [-0.39, 0.29) is 5.56 Å². The fourth-order valence-corrected chi connectivity index (χ4v) is 0.788. The van der Waals surface area contributed by atoms with E-state index in [1.807, 2.05) is 0 Å². The molecule has 0 heterocycles. The second-order valence-corrected chi connectivity index (χ2v) is 2.32. The first-order valence-electron chi connectivity index (χ1n) is 3.67. The van der Waals surface area contributed by atoms with E-state index in [2.05, 4.69) is 5.11 Å². The van der Waals surface area contributed by atoms with E-state index in [1.165, 1.54) is 12.1 Å². The molecule has 1 rings (SSSR count). The molecule has 0 aliphatic heterocycles. The van der Waals surface area contributed by atoms with Crippen molar-refractivity contribution in [3.05, 3.63) is 35.9 Å². The van der Waals surface area contributed by atoms with Crippen LogP contribution in [0.15, 0.2) is 30.3 Å². The van der Waals surface area contributed by atoms with Crippen molar-refractivity contribution in [2.45, 2.75) is 5.79 Å². The van der Waals surface area contributed by atoms with Crippen molar-refractivity contribution in [3.8, 4) is 0 Å². The molecule has 1 aromatic carbocycles. The fraction of sp³-hybridized carbons (Fsp3) is 0.125. The zero-order chi connectivity index (χ0) is 9.90. The van der Waals surface area contributed by atoms with Crippen LogP contribution in [-0.4, -0.2) is 22.7 Å². The fourth-order valence-electron chi connectivity index (χ4n) is 0.788. The van der Waals surface area contributed by atoms with Gasteiger partial charge < -0.3 is 15.3 Å². The van der Waals surface area contributed by atoms with Gasteiger partial charge in [-0.25, -0.2) is 4.79 Å². The van der Waals surface area contributed by atoms with Crippen LogP contribution < -0.4 is 0 Å². The number of hydrogen-bond donors (Lipinski definition) is 3. The number of carboxylic acids is 1. The lowest BCUT2D eigenvalue weighted by Crippen LogP contribution is -2.34. The summed E-state index contributed by atoms with van der Waals surface area (Å²) in [5.74, 6) is -4.20. The monoisotopic (exact) mass is 169 g/mol. The molecular weight excluding hydrogens is 160 g/mol. The highest BCUT2D eigenvalue weighted by atomic mass is 16.5. The van der Waals surface area contributed by atoms with Gasteiger partial charge in [0, 0.05) is 5.56 Å². The molecule has 1 aromatic rings. The molecular formula is C8H8O4. The number of carbonyl (C=O) groups is 1. The van der Waals surface area contributed by atoms with Gasteiger partial charge in [0.05, 0.1) is 0 Å².